The molecule has 10 nitrogen and oxygen atoms in total. The van der Waals surface area contributed by atoms with Crippen LogP contribution in [0.5, 0.6) is 0 Å². The summed E-state index contributed by atoms with van der Waals surface area (Å²) >= 11 is 1.45. The Morgan fingerprint density at radius 3 is 2.76 bits per heavy atom. The van der Waals surface area contributed by atoms with Crippen molar-refractivity contribution in [1.82, 2.24) is 30.0 Å². The van der Waals surface area contributed by atoms with Crippen LogP contribution in [-0.4, -0.2) is 48.5 Å². The molecule has 0 unspecified atom stereocenters. The summed E-state index contributed by atoms with van der Waals surface area (Å²) in [5.41, 5.74) is 2.58. The number of hydrogen-bond donors (Lipinski definition) is 1. The molecule has 3 aromatic heterocycles. The normalized spacial score (nSPS) is 12.9. The van der Waals surface area contributed by atoms with E-state index >= 15 is 0 Å². The molecule has 0 atom stereocenters. The van der Waals surface area contributed by atoms with Gasteiger partial charge in [-0.3, -0.25) is 4.79 Å². The van der Waals surface area contributed by atoms with Crippen molar-refractivity contribution in [3.63, 3.8) is 0 Å². The third kappa shape index (κ3) is 4.46. The highest BCUT2D eigenvalue weighted by Crippen LogP contribution is 2.38. The van der Waals surface area contributed by atoms with Crippen molar-refractivity contribution in [3.05, 3.63) is 64.3 Å². The van der Waals surface area contributed by atoms with Crippen LogP contribution in [0.15, 0.2) is 42.6 Å². The highest BCUT2D eigenvalue weighted by Gasteiger charge is 2.27. The van der Waals surface area contributed by atoms with E-state index in [1.165, 1.54) is 16.1 Å². The summed E-state index contributed by atoms with van der Waals surface area (Å²) in [6.45, 7) is 2.26. The molecular weight excluding hydrogens is 454 g/mol. The largest absolute Gasteiger partial charge is 0.462 e. The number of anilines is 1. The maximum atomic E-state index is 12.9. The first-order chi connectivity index (χ1) is 16.6. The predicted octanol–water partition coefficient (Wildman–Crippen LogP) is 3.41. The van der Waals surface area contributed by atoms with Gasteiger partial charge in [-0.25, -0.2) is 9.48 Å². The fourth-order valence-corrected chi connectivity index (χ4v) is 5.21. The molecule has 0 radical (unpaired) electrons. The fraction of sp³-hybridized carbons (Fsp3) is 0.304. The van der Waals surface area contributed by atoms with Crippen molar-refractivity contribution in [2.45, 2.75) is 39.3 Å². The van der Waals surface area contributed by atoms with Gasteiger partial charge >= 0.3 is 5.97 Å². The number of hydrogen-bond acceptors (Lipinski definition) is 8. The van der Waals surface area contributed by atoms with Crippen molar-refractivity contribution in [2.75, 3.05) is 11.9 Å². The van der Waals surface area contributed by atoms with E-state index in [2.05, 4.69) is 25.8 Å². The highest BCUT2D eigenvalue weighted by molar-refractivity contribution is 7.17. The number of thiophene rings is 1. The van der Waals surface area contributed by atoms with Gasteiger partial charge in [-0.1, -0.05) is 30.3 Å². The summed E-state index contributed by atoms with van der Waals surface area (Å²) in [6, 6.07) is 11.2. The first kappa shape index (κ1) is 22.0. The summed E-state index contributed by atoms with van der Waals surface area (Å²) in [5.74, 6) is -0.271. The van der Waals surface area contributed by atoms with Gasteiger partial charge in [0.15, 0.2) is 12.4 Å². The van der Waals surface area contributed by atoms with E-state index < -0.39 is 5.97 Å². The van der Waals surface area contributed by atoms with Crippen LogP contribution in [0.2, 0.25) is 0 Å². The number of aromatic nitrogens is 6. The number of benzene rings is 1. The average Bonchev–Trinajstić information content (AvgIpc) is 3.58. The Balaban J connectivity index is 1.31. The summed E-state index contributed by atoms with van der Waals surface area (Å²) < 4.78 is 6.81. The summed E-state index contributed by atoms with van der Waals surface area (Å²) in [4.78, 5) is 28.1. The minimum atomic E-state index is -0.394. The maximum Gasteiger partial charge on any atom is 0.341 e. The van der Waals surface area contributed by atoms with Crippen molar-refractivity contribution in [1.29, 1.82) is 0 Å². The molecule has 1 aliphatic carbocycles. The summed E-state index contributed by atoms with van der Waals surface area (Å²) in [6.07, 6.45) is 5.51. The van der Waals surface area contributed by atoms with E-state index in [9.17, 15) is 9.59 Å². The molecule has 11 heteroatoms. The van der Waals surface area contributed by atoms with Gasteiger partial charge in [-0.05, 0) is 49.5 Å². The van der Waals surface area contributed by atoms with E-state index in [0.717, 1.165) is 41.7 Å². The number of aryl methyl sites for hydroxylation is 1. The van der Waals surface area contributed by atoms with E-state index in [1.54, 1.807) is 23.9 Å². The van der Waals surface area contributed by atoms with Crippen LogP contribution in [-0.2, 0) is 24.2 Å². The van der Waals surface area contributed by atoms with Crippen LogP contribution in [0, 0.1) is 0 Å². The molecule has 0 bridgehead atoms. The molecule has 0 saturated carbocycles. The number of ether oxygens (including phenoxy) is 1. The van der Waals surface area contributed by atoms with E-state index in [1.807, 2.05) is 30.3 Å². The molecule has 1 amide bonds. The molecule has 0 spiro atoms. The Kier molecular flexibility index (Phi) is 6.17. The number of carbonyl (C=O) groups excluding carboxylic acids is 2. The molecule has 34 heavy (non-hydrogen) atoms. The number of fused-ring (bicyclic) bond motifs is 1. The van der Waals surface area contributed by atoms with Crippen LogP contribution >= 0.6 is 11.3 Å². The molecular formula is C23H23N7O3S. The molecule has 0 aliphatic heterocycles. The molecule has 3 heterocycles. The molecule has 1 N–H and O–H groups in total. The number of rotatable bonds is 7. The number of nitrogens with zero attached hydrogens (tertiary/aromatic N) is 6. The van der Waals surface area contributed by atoms with Gasteiger partial charge in [0, 0.05) is 16.6 Å². The number of nitrogens with one attached hydrogen (secondary N) is 1. The van der Waals surface area contributed by atoms with Gasteiger partial charge in [0.05, 0.1) is 12.2 Å². The maximum absolute atomic E-state index is 12.9. The van der Waals surface area contributed by atoms with Crippen molar-refractivity contribution < 1.29 is 14.3 Å². The molecule has 5 rings (SSSR count). The number of esters is 1. The number of carbonyl (C=O) groups is 2. The lowest BCUT2D eigenvalue weighted by Crippen LogP contribution is -2.17. The Bertz CT molecular complexity index is 1330. The number of amides is 1. The summed E-state index contributed by atoms with van der Waals surface area (Å²) in [7, 11) is 0. The standard InChI is InChI=1S/C23H23N7O3S/c1-2-33-23(32)19-16-10-6-7-11-18(16)34-22(19)24-21(31)17-12-13-29(26-17)14-30-27-20(25-28-30)15-8-4-3-5-9-15/h3-5,8-9,12-13H,2,6-7,10-11,14H2,1H3,(H,24,31). The van der Waals surface area contributed by atoms with Gasteiger partial charge < -0.3 is 10.1 Å². The van der Waals surface area contributed by atoms with Crippen LogP contribution in [0.4, 0.5) is 5.00 Å². The van der Waals surface area contributed by atoms with Crippen LogP contribution < -0.4 is 5.32 Å². The SMILES string of the molecule is CCOC(=O)c1c(NC(=O)c2ccn(Cn3nnc(-c4ccccc4)n3)n2)sc2c1CCCC2. The molecule has 174 valence electrons. The Morgan fingerprint density at radius 2 is 1.94 bits per heavy atom. The Hall–Kier alpha value is -3.86. The van der Waals surface area contributed by atoms with E-state index in [0.29, 0.717) is 16.4 Å². The lowest BCUT2D eigenvalue weighted by atomic mass is 9.95. The molecule has 1 aliphatic rings. The first-order valence-electron chi connectivity index (χ1n) is 11.1. The smallest absolute Gasteiger partial charge is 0.341 e. The van der Waals surface area contributed by atoms with Crippen molar-refractivity contribution >= 4 is 28.2 Å². The zero-order valence-corrected chi connectivity index (χ0v) is 19.4. The molecule has 1 aromatic carbocycles. The minimum absolute atomic E-state index is 0.203. The second kappa shape index (κ2) is 9.56. The summed E-state index contributed by atoms with van der Waals surface area (Å²) in [5, 5.41) is 20.2. The van der Waals surface area contributed by atoms with E-state index in [4.69, 9.17) is 4.74 Å². The molecule has 0 fully saturated rings. The third-order valence-electron chi connectivity index (χ3n) is 5.51. The lowest BCUT2D eigenvalue weighted by Gasteiger charge is -2.12. The van der Waals surface area contributed by atoms with Gasteiger partial charge in [0.25, 0.3) is 5.91 Å². The van der Waals surface area contributed by atoms with Crippen molar-refractivity contribution in [3.8, 4) is 11.4 Å². The Morgan fingerprint density at radius 1 is 1.12 bits per heavy atom. The highest BCUT2D eigenvalue weighted by atomic mass is 32.1. The van der Waals surface area contributed by atoms with Gasteiger partial charge in [0.1, 0.15) is 5.00 Å². The minimum Gasteiger partial charge on any atom is -0.462 e. The Labute approximate surface area is 199 Å². The van der Waals surface area contributed by atoms with E-state index in [-0.39, 0.29) is 24.9 Å². The molecule has 4 aromatic rings. The zero-order valence-electron chi connectivity index (χ0n) is 18.6. The van der Waals surface area contributed by atoms with Crippen LogP contribution in [0.25, 0.3) is 11.4 Å². The van der Waals surface area contributed by atoms with Crippen LogP contribution in [0.1, 0.15) is 51.1 Å². The predicted molar refractivity (Wildman–Crippen MR) is 126 cm³/mol. The van der Waals surface area contributed by atoms with Gasteiger partial charge in [0.2, 0.25) is 5.82 Å². The van der Waals surface area contributed by atoms with Gasteiger partial charge in [-0.2, -0.15) is 5.10 Å². The monoisotopic (exact) mass is 477 g/mol. The van der Waals surface area contributed by atoms with Crippen LogP contribution in [0.3, 0.4) is 0 Å². The molecule has 0 saturated heterocycles. The fourth-order valence-electron chi connectivity index (χ4n) is 3.94. The number of tetrazole rings is 1. The third-order valence-corrected chi connectivity index (χ3v) is 6.71. The first-order valence-corrected chi connectivity index (χ1v) is 11.9. The second-order valence-corrected chi connectivity index (χ2v) is 8.93. The zero-order chi connectivity index (χ0) is 23.5. The quantitative estimate of drug-likeness (QED) is 0.405. The topological polar surface area (TPSA) is 117 Å². The average molecular weight is 478 g/mol. The van der Waals surface area contributed by atoms with Crippen molar-refractivity contribution in [2.24, 2.45) is 0 Å². The second-order valence-electron chi connectivity index (χ2n) is 7.82. The van der Waals surface area contributed by atoms with Gasteiger partial charge in [-0.15, -0.1) is 26.3 Å². The lowest BCUT2D eigenvalue weighted by molar-refractivity contribution is 0.0526.